The van der Waals surface area contributed by atoms with Gasteiger partial charge in [-0.1, -0.05) is 23.8 Å². The molecule has 0 saturated carbocycles. The lowest BCUT2D eigenvalue weighted by Crippen LogP contribution is -2.26. The maximum atomic E-state index is 12.4. The van der Waals surface area contributed by atoms with Gasteiger partial charge in [0.15, 0.2) is 0 Å². The van der Waals surface area contributed by atoms with Crippen LogP contribution in [0.25, 0.3) is 0 Å². The third-order valence-electron chi connectivity index (χ3n) is 3.99. The van der Waals surface area contributed by atoms with Crippen molar-refractivity contribution in [1.82, 2.24) is 0 Å². The number of hydrogen-bond acceptors (Lipinski definition) is 5. The fourth-order valence-electron chi connectivity index (χ4n) is 2.98. The van der Waals surface area contributed by atoms with E-state index in [1.807, 2.05) is 32.0 Å². The van der Waals surface area contributed by atoms with E-state index in [4.69, 9.17) is 14.9 Å². The first kappa shape index (κ1) is 14.9. The summed E-state index contributed by atoms with van der Waals surface area (Å²) in [6.45, 7) is 5.59. The van der Waals surface area contributed by atoms with Crippen LogP contribution in [0.2, 0.25) is 0 Å². The summed E-state index contributed by atoms with van der Waals surface area (Å²) in [5, 5.41) is 9.51. The summed E-state index contributed by atoms with van der Waals surface area (Å²) in [4.78, 5) is 12.4. The molecule has 0 fully saturated rings. The van der Waals surface area contributed by atoms with Crippen LogP contribution in [0.15, 0.2) is 44.9 Å². The van der Waals surface area contributed by atoms with Crippen LogP contribution >= 0.6 is 0 Å². The Bertz CT molecular complexity index is 932. The van der Waals surface area contributed by atoms with Crippen molar-refractivity contribution in [2.45, 2.75) is 26.7 Å². The average molecular weight is 308 g/mol. The van der Waals surface area contributed by atoms with E-state index in [9.17, 15) is 10.1 Å². The van der Waals surface area contributed by atoms with Crippen molar-refractivity contribution >= 4 is 0 Å². The molecular formula is C18H16N2O3. The lowest BCUT2D eigenvalue weighted by atomic mass is 9.82. The quantitative estimate of drug-likeness (QED) is 0.875. The van der Waals surface area contributed by atoms with Crippen molar-refractivity contribution in [2.75, 3.05) is 0 Å². The van der Waals surface area contributed by atoms with E-state index < -0.39 is 11.5 Å². The van der Waals surface area contributed by atoms with Crippen LogP contribution in [0.1, 0.15) is 33.9 Å². The number of allylic oxidation sites excluding steroid dienone is 1. The molecule has 2 heterocycles. The number of hydrogen-bond donors (Lipinski definition) is 1. The number of fused-ring (bicyclic) bond motifs is 1. The van der Waals surface area contributed by atoms with Gasteiger partial charge in [-0.2, -0.15) is 5.26 Å². The van der Waals surface area contributed by atoms with Crippen LogP contribution in [0.4, 0.5) is 0 Å². The van der Waals surface area contributed by atoms with Gasteiger partial charge in [-0.3, -0.25) is 0 Å². The van der Waals surface area contributed by atoms with Crippen molar-refractivity contribution in [3.8, 4) is 11.8 Å². The second-order valence-electron chi connectivity index (χ2n) is 5.71. The highest BCUT2D eigenvalue weighted by molar-refractivity contribution is 5.56. The van der Waals surface area contributed by atoms with Crippen molar-refractivity contribution < 1.29 is 9.15 Å². The minimum absolute atomic E-state index is 0.0231. The van der Waals surface area contributed by atoms with E-state index >= 15 is 0 Å². The van der Waals surface area contributed by atoms with Gasteiger partial charge >= 0.3 is 5.63 Å². The second-order valence-corrected chi connectivity index (χ2v) is 5.71. The number of nitrogens with zero attached hydrogens (tertiary/aromatic N) is 1. The molecule has 116 valence electrons. The fraction of sp³-hybridized carbons (Fsp3) is 0.222. The summed E-state index contributed by atoms with van der Waals surface area (Å²) in [5.41, 5.74) is 8.86. The molecule has 0 saturated heterocycles. The number of benzene rings is 1. The smallest absolute Gasteiger partial charge is 0.343 e. The number of rotatable bonds is 1. The molecule has 0 amide bonds. The third kappa shape index (κ3) is 2.38. The molecule has 0 radical (unpaired) electrons. The van der Waals surface area contributed by atoms with Gasteiger partial charge in [-0.25, -0.2) is 4.79 Å². The molecule has 5 nitrogen and oxygen atoms in total. The Balaban J connectivity index is 2.34. The second kappa shape index (κ2) is 5.33. The molecule has 1 aromatic carbocycles. The number of nitrogens with two attached hydrogens (primary N) is 1. The van der Waals surface area contributed by atoms with Crippen molar-refractivity contribution in [1.29, 1.82) is 5.26 Å². The Labute approximate surface area is 133 Å². The summed E-state index contributed by atoms with van der Waals surface area (Å²) >= 11 is 0. The van der Waals surface area contributed by atoms with E-state index in [0.717, 1.165) is 16.7 Å². The highest BCUT2D eigenvalue weighted by Crippen LogP contribution is 2.41. The first-order valence-corrected chi connectivity index (χ1v) is 7.21. The molecule has 1 atom stereocenters. The maximum Gasteiger partial charge on any atom is 0.343 e. The summed E-state index contributed by atoms with van der Waals surface area (Å²) in [6, 6.07) is 9.55. The fourth-order valence-corrected chi connectivity index (χ4v) is 2.98. The Morgan fingerprint density at radius 2 is 1.96 bits per heavy atom. The minimum atomic E-state index is -0.582. The van der Waals surface area contributed by atoms with E-state index in [-0.39, 0.29) is 11.5 Å². The Hall–Kier alpha value is -3.00. The molecular weight excluding hydrogens is 292 g/mol. The molecule has 1 aromatic heterocycles. The molecule has 0 bridgehead atoms. The van der Waals surface area contributed by atoms with E-state index in [2.05, 4.69) is 6.07 Å². The van der Waals surface area contributed by atoms with Crippen LogP contribution < -0.4 is 16.1 Å². The number of ether oxygens (including phenoxy) is 1. The Kier molecular flexibility index (Phi) is 3.45. The topological polar surface area (TPSA) is 89.2 Å². The first-order valence-electron chi connectivity index (χ1n) is 7.21. The van der Waals surface area contributed by atoms with E-state index in [0.29, 0.717) is 17.1 Å². The first-order chi connectivity index (χ1) is 10.9. The predicted octanol–water partition coefficient (Wildman–Crippen LogP) is 2.78. The third-order valence-corrected chi connectivity index (χ3v) is 3.99. The zero-order valence-corrected chi connectivity index (χ0v) is 13.1. The molecule has 2 N–H and O–H groups in total. The van der Waals surface area contributed by atoms with Gasteiger partial charge in [-0.15, -0.1) is 0 Å². The zero-order valence-electron chi connectivity index (χ0n) is 13.1. The lowest BCUT2D eigenvalue weighted by molar-refractivity contribution is 0.371. The Morgan fingerprint density at radius 1 is 1.22 bits per heavy atom. The van der Waals surface area contributed by atoms with Crippen LogP contribution in [0, 0.1) is 32.1 Å². The van der Waals surface area contributed by atoms with Gasteiger partial charge in [0.1, 0.15) is 23.2 Å². The maximum absolute atomic E-state index is 12.4. The minimum Gasteiger partial charge on any atom is -0.440 e. The van der Waals surface area contributed by atoms with Gasteiger partial charge in [0.2, 0.25) is 5.88 Å². The standard InChI is InChI=1S/C18H16N2O3/c1-9-4-5-12(10(2)6-9)15-13(8-19)17(20)23-14-7-11(3)22-18(21)16(14)15/h4-7,15H,20H2,1-3H3/t15-/m0/s1. The highest BCUT2D eigenvalue weighted by atomic mass is 16.5. The van der Waals surface area contributed by atoms with Gasteiger partial charge < -0.3 is 14.9 Å². The van der Waals surface area contributed by atoms with Gasteiger partial charge in [0.05, 0.1) is 11.5 Å². The largest absolute Gasteiger partial charge is 0.440 e. The molecule has 0 aliphatic carbocycles. The monoisotopic (exact) mass is 308 g/mol. The molecule has 2 aromatic rings. The van der Waals surface area contributed by atoms with Crippen LogP contribution in [0.3, 0.4) is 0 Å². The summed E-state index contributed by atoms with van der Waals surface area (Å²) in [5.74, 6) is 0.220. The van der Waals surface area contributed by atoms with Gasteiger partial charge in [-0.05, 0) is 31.9 Å². The van der Waals surface area contributed by atoms with Crippen molar-refractivity contribution in [3.63, 3.8) is 0 Å². The summed E-state index contributed by atoms with van der Waals surface area (Å²) < 4.78 is 10.7. The molecule has 0 unspecified atom stereocenters. The highest BCUT2D eigenvalue weighted by Gasteiger charge is 2.34. The van der Waals surface area contributed by atoms with Crippen molar-refractivity contribution in [2.24, 2.45) is 5.73 Å². The number of nitriles is 1. The molecule has 0 spiro atoms. The lowest BCUT2D eigenvalue weighted by Gasteiger charge is -2.26. The molecule has 3 rings (SSSR count). The molecule has 23 heavy (non-hydrogen) atoms. The average Bonchev–Trinajstić information content (AvgIpc) is 2.45. The summed E-state index contributed by atoms with van der Waals surface area (Å²) in [6.07, 6.45) is 0. The van der Waals surface area contributed by atoms with Gasteiger partial charge in [0.25, 0.3) is 0 Å². The van der Waals surface area contributed by atoms with Crippen LogP contribution in [-0.2, 0) is 0 Å². The summed E-state index contributed by atoms with van der Waals surface area (Å²) in [7, 11) is 0. The van der Waals surface area contributed by atoms with Gasteiger partial charge in [0, 0.05) is 6.07 Å². The normalized spacial score (nSPS) is 16.5. The number of aryl methyl sites for hydroxylation is 3. The van der Waals surface area contributed by atoms with Crippen LogP contribution in [-0.4, -0.2) is 0 Å². The van der Waals surface area contributed by atoms with Crippen molar-refractivity contribution in [3.05, 3.63) is 74.2 Å². The molecule has 5 heteroatoms. The Morgan fingerprint density at radius 3 is 2.61 bits per heavy atom. The molecule has 1 aliphatic heterocycles. The van der Waals surface area contributed by atoms with E-state index in [1.165, 1.54) is 0 Å². The SMILES string of the molecule is Cc1ccc([C@H]2C(C#N)=C(N)Oc3cc(C)oc(=O)c32)c(C)c1. The zero-order chi connectivity index (χ0) is 16.7. The van der Waals surface area contributed by atoms with E-state index in [1.54, 1.807) is 13.0 Å². The predicted molar refractivity (Wildman–Crippen MR) is 84.9 cm³/mol. The molecule has 1 aliphatic rings. The van der Waals surface area contributed by atoms with Crippen LogP contribution in [0.5, 0.6) is 5.75 Å².